The summed E-state index contributed by atoms with van der Waals surface area (Å²) in [5.74, 6) is -0.730. The smallest absolute Gasteiger partial charge is 0.162 e. The van der Waals surface area contributed by atoms with Gasteiger partial charge in [0.05, 0.1) is 15.7 Å². The van der Waals surface area contributed by atoms with Crippen LogP contribution >= 0.6 is 0 Å². The predicted octanol–water partition coefficient (Wildman–Crippen LogP) is -0.740. The van der Waals surface area contributed by atoms with E-state index in [-0.39, 0.29) is 0 Å². The molecule has 0 saturated heterocycles. The molecule has 1 saturated carbocycles. The van der Waals surface area contributed by atoms with Crippen molar-refractivity contribution in [3.05, 3.63) is 0 Å². The fourth-order valence-corrected chi connectivity index (χ4v) is 1.95. The Morgan fingerprint density at radius 2 is 1.67 bits per heavy atom. The Morgan fingerprint density at radius 3 is 2.00 bits per heavy atom. The van der Waals surface area contributed by atoms with E-state index in [1.54, 1.807) is 0 Å². The maximum atomic E-state index is 9.31. The fraction of sp³-hybridized carbons (Fsp3) is 1.00. The van der Waals surface area contributed by atoms with E-state index in [0.29, 0.717) is 24.0 Å². The molecule has 1 aliphatic carbocycles. The van der Waals surface area contributed by atoms with Crippen LogP contribution in [0.15, 0.2) is 0 Å². The van der Waals surface area contributed by atoms with Crippen molar-refractivity contribution in [2.75, 3.05) is 0 Å². The lowest BCUT2D eigenvalue weighted by Gasteiger charge is -2.38. The molecular formula is C8H18B2O2. The zero-order valence-electron chi connectivity index (χ0n) is 8.30. The third-order valence-corrected chi connectivity index (χ3v) is 3.01. The molecule has 0 unspecified atom stereocenters. The number of rotatable bonds is 1. The highest BCUT2D eigenvalue weighted by Gasteiger charge is 2.35. The highest BCUT2D eigenvalue weighted by atomic mass is 16.5. The van der Waals surface area contributed by atoms with Gasteiger partial charge in [0.15, 0.2) is 5.79 Å². The van der Waals surface area contributed by atoms with Crippen molar-refractivity contribution in [1.82, 2.24) is 0 Å². The average Bonchev–Trinajstić information content (AvgIpc) is 1.83. The molecule has 1 fully saturated rings. The highest BCUT2D eigenvalue weighted by molar-refractivity contribution is 6.39. The van der Waals surface area contributed by atoms with E-state index in [1.807, 2.05) is 0 Å². The molecule has 0 bridgehead atoms. The summed E-state index contributed by atoms with van der Waals surface area (Å²) in [4.78, 5) is 0. The lowest BCUT2D eigenvalue weighted by Crippen LogP contribution is -2.36. The van der Waals surface area contributed by atoms with Crippen molar-refractivity contribution in [1.29, 1.82) is 0 Å². The van der Waals surface area contributed by atoms with Gasteiger partial charge in [-0.2, -0.15) is 0 Å². The van der Waals surface area contributed by atoms with Crippen molar-refractivity contribution in [3.63, 3.8) is 0 Å². The molecule has 1 rings (SSSR count). The molecule has 0 aliphatic heterocycles. The fourth-order valence-electron chi connectivity index (χ4n) is 1.95. The van der Waals surface area contributed by atoms with Gasteiger partial charge in [-0.1, -0.05) is 12.1 Å². The van der Waals surface area contributed by atoms with E-state index in [4.69, 9.17) is 0 Å². The predicted molar refractivity (Wildman–Crippen MR) is 54.6 cm³/mol. The molecule has 0 aromatic rings. The molecule has 0 heterocycles. The summed E-state index contributed by atoms with van der Waals surface area (Å²) < 4.78 is 0. The van der Waals surface area contributed by atoms with Crippen LogP contribution in [0.5, 0.6) is 0 Å². The first-order valence-corrected chi connectivity index (χ1v) is 4.76. The molecule has 2 N–H and O–H groups in total. The van der Waals surface area contributed by atoms with Crippen LogP contribution in [-0.4, -0.2) is 31.7 Å². The van der Waals surface area contributed by atoms with Gasteiger partial charge in [-0.05, 0) is 18.8 Å². The molecule has 4 heteroatoms. The van der Waals surface area contributed by atoms with E-state index in [0.717, 1.165) is 12.8 Å². The van der Waals surface area contributed by atoms with Gasteiger partial charge in [0, 0.05) is 12.8 Å². The second kappa shape index (κ2) is 3.08. The van der Waals surface area contributed by atoms with Crippen LogP contribution in [0.25, 0.3) is 0 Å². The maximum Gasteiger partial charge on any atom is 0.162 e. The molecule has 1 aliphatic rings. The highest BCUT2D eigenvalue weighted by Crippen LogP contribution is 2.41. The topological polar surface area (TPSA) is 40.5 Å². The lowest BCUT2D eigenvalue weighted by atomic mass is 9.47. The van der Waals surface area contributed by atoms with Gasteiger partial charge in [-0.15, -0.1) is 0 Å². The molecule has 0 radical (unpaired) electrons. The average molecular weight is 168 g/mol. The summed E-state index contributed by atoms with van der Waals surface area (Å²) >= 11 is 0. The van der Waals surface area contributed by atoms with Crippen molar-refractivity contribution in [3.8, 4) is 0 Å². The lowest BCUT2D eigenvalue weighted by molar-refractivity contribution is -0.186. The maximum absolute atomic E-state index is 9.31. The quantitative estimate of drug-likeness (QED) is 0.399. The summed E-state index contributed by atoms with van der Waals surface area (Å²) in [7, 11) is 4.44. The van der Waals surface area contributed by atoms with Crippen LogP contribution in [0, 0.1) is 5.92 Å². The summed E-state index contributed by atoms with van der Waals surface area (Å²) in [6, 6.07) is 0. The van der Waals surface area contributed by atoms with Gasteiger partial charge < -0.3 is 10.2 Å². The zero-order valence-corrected chi connectivity index (χ0v) is 8.30. The summed E-state index contributed by atoms with van der Waals surface area (Å²) in [5, 5.41) is 18.9. The van der Waals surface area contributed by atoms with E-state index >= 15 is 0 Å². The first-order valence-electron chi connectivity index (χ1n) is 4.76. The molecule has 0 aromatic carbocycles. The van der Waals surface area contributed by atoms with Gasteiger partial charge >= 0.3 is 0 Å². The first-order chi connectivity index (χ1) is 5.31. The molecule has 0 atom stereocenters. The van der Waals surface area contributed by atoms with E-state index in [2.05, 4.69) is 22.6 Å². The summed E-state index contributed by atoms with van der Waals surface area (Å²) in [6.45, 7) is 2.22. The summed E-state index contributed by atoms with van der Waals surface area (Å²) in [5.41, 5.74) is 0. The van der Waals surface area contributed by atoms with Gasteiger partial charge in [0.2, 0.25) is 0 Å². The largest absolute Gasteiger partial charge is 0.366 e. The minimum Gasteiger partial charge on any atom is -0.366 e. The van der Waals surface area contributed by atoms with Crippen molar-refractivity contribution >= 4 is 15.7 Å². The molecule has 0 amide bonds. The molecule has 2 nitrogen and oxygen atoms in total. The van der Waals surface area contributed by atoms with E-state index < -0.39 is 5.79 Å². The van der Waals surface area contributed by atoms with E-state index in [1.165, 1.54) is 0 Å². The second-order valence-electron chi connectivity index (χ2n) is 5.12. The van der Waals surface area contributed by atoms with Gasteiger partial charge in [0.1, 0.15) is 0 Å². The molecule has 0 aromatic heterocycles. The summed E-state index contributed by atoms with van der Waals surface area (Å²) in [6.07, 6.45) is 2.96. The third kappa shape index (κ3) is 2.53. The first kappa shape index (κ1) is 10.1. The van der Waals surface area contributed by atoms with Gasteiger partial charge in [-0.3, -0.25) is 0 Å². The van der Waals surface area contributed by atoms with Crippen LogP contribution in [0.1, 0.15) is 32.6 Å². The van der Waals surface area contributed by atoms with Crippen LogP contribution in [-0.2, 0) is 0 Å². The zero-order chi connectivity index (χ0) is 9.41. The van der Waals surface area contributed by atoms with Crippen molar-refractivity contribution < 1.29 is 10.2 Å². The number of hydrogen-bond donors (Lipinski definition) is 2. The van der Waals surface area contributed by atoms with Gasteiger partial charge in [0.25, 0.3) is 0 Å². The van der Waals surface area contributed by atoms with Crippen LogP contribution in [0.3, 0.4) is 0 Å². The minimum absolute atomic E-state index is 0.316. The normalized spacial score (nSPS) is 25.6. The Morgan fingerprint density at radius 1 is 1.25 bits per heavy atom. The molecule has 0 spiro atoms. The number of aliphatic hydroxyl groups is 2. The third-order valence-electron chi connectivity index (χ3n) is 3.01. The Balaban J connectivity index is 2.47. The SMILES string of the molecule is BC(B)(C)C1CCC(O)(O)CC1. The van der Waals surface area contributed by atoms with Crippen molar-refractivity contribution in [2.24, 2.45) is 5.92 Å². The Bertz CT molecular complexity index is 153. The number of hydrogen-bond acceptors (Lipinski definition) is 2. The van der Waals surface area contributed by atoms with Crippen LogP contribution in [0.4, 0.5) is 0 Å². The van der Waals surface area contributed by atoms with Gasteiger partial charge in [-0.25, -0.2) is 0 Å². The van der Waals surface area contributed by atoms with E-state index in [9.17, 15) is 10.2 Å². The molecular weight excluding hydrogens is 150 g/mol. The monoisotopic (exact) mass is 168 g/mol. The van der Waals surface area contributed by atoms with Crippen molar-refractivity contribution in [2.45, 2.75) is 43.6 Å². The minimum atomic E-state index is -1.37. The van der Waals surface area contributed by atoms with Crippen LogP contribution in [0.2, 0.25) is 5.21 Å². The Hall–Kier alpha value is 0.0499. The van der Waals surface area contributed by atoms with Crippen LogP contribution < -0.4 is 0 Å². The molecule has 12 heavy (non-hydrogen) atoms. The molecule has 68 valence electrons. The second-order valence-corrected chi connectivity index (χ2v) is 5.12. The standard InChI is InChI=1S/C8H18B2O2/c1-7(9,10)6-2-4-8(11,12)5-3-6/h6,11-12H,2-5,9-10H2,1H3. The Labute approximate surface area is 76.2 Å². The Kier molecular flexibility index (Phi) is 2.60.